The second kappa shape index (κ2) is 8.96. The van der Waals surface area contributed by atoms with Gasteiger partial charge in [0, 0.05) is 0 Å². The molecule has 0 aromatic heterocycles. The van der Waals surface area contributed by atoms with Crippen LogP contribution >= 0.6 is 0 Å². The number of anilines is 1. The number of quaternary nitrogens is 1. The SMILES string of the molecule is COc1ccccc1NC(=O)NNC(=O)CC[NH+]1CCOCC1. The first kappa shape index (κ1) is 17.0. The summed E-state index contributed by atoms with van der Waals surface area (Å²) in [6.45, 7) is 4.02. The molecular weight excluding hydrogens is 300 g/mol. The van der Waals surface area contributed by atoms with Crippen LogP contribution in [0.1, 0.15) is 6.42 Å². The summed E-state index contributed by atoms with van der Waals surface area (Å²) in [6, 6.07) is 6.50. The van der Waals surface area contributed by atoms with Crippen LogP contribution in [0.4, 0.5) is 10.5 Å². The summed E-state index contributed by atoms with van der Waals surface area (Å²) < 4.78 is 10.4. The van der Waals surface area contributed by atoms with Crippen LogP contribution < -0.4 is 25.8 Å². The van der Waals surface area contributed by atoms with Gasteiger partial charge in [0.2, 0.25) is 5.91 Å². The van der Waals surface area contributed by atoms with Crippen LogP contribution in [0.2, 0.25) is 0 Å². The van der Waals surface area contributed by atoms with E-state index in [1.165, 1.54) is 12.0 Å². The van der Waals surface area contributed by atoms with Crippen LogP contribution in [0.5, 0.6) is 5.75 Å². The molecule has 126 valence electrons. The molecule has 1 aliphatic heterocycles. The number of carbonyl (C=O) groups excluding carboxylic acids is 2. The van der Waals surface area contributed by atoms with Gasteiger partial charge in [0.15, 0.2) is 0 Å². The standard InChI is InChI=1S/C15H22N4O4/c1-22-13-5-3-2-4-12(13)16-15(21)18-17-14(20)6-7-19-8-10-23-11-9-19/h2-5H,6-11H2,1H3,(H,17,20)(H2,16,18,21)/p+1. The van der Waals surface area contributed by atoms with Crippen LogP contribution in [-0.4, -0.2) is 51.9 Å². The predicted molar refractivity (Wildman–Crippen MR) is 84.3 cm³/mol. The van der Waals surface area contributed by atoms with Crippen LogP contribution in [0.25, 0.3) is 0 Å². The number of morpholine rings is 1. The summed E-state index contributed by atoms with van der Waals surface area (Å²) in [4.78, 5) is 24.9. The van der Waals surface area contributed by atoms with Gasteiger partial charge in [-0.05, 0) is 12.1 Å². The second-order valence-corrected chi connectivity index (χ2v) is 5.19. The molecule has 23 heavy (non-hydrogen) atoms. The summed E-state index contributed by atoms with van der Waals surface area (Å²) in [5.41, 5.74) is 5.25. The molecule has 1 aromatic rings. The number of urea groups is 1. The maximum atomic E-state index is 11.8. The van der Waals surface area contributed by atoms with Crippen molar-refractivity contribution < 1.29 is 24.0 Å². The highest BCUT2D eigenvalue weighted by molar-refractivity contribution is 5.92. The lowest BCUT2D eigenvalue weighted by atomic mass is 10.3. The van der Waals surface area contributed by atoms with Crippen molar-refractivity contribution in [1.82, 2.24) is 10.9 Å². The molecule has 0 spiro atoms. The molecular formula is C15H23N4O4+. The molecule has 0 radical (unpaired) electrons. The van der Waals surface area contributed by atoms with Gasteiger partial charge in [-0.1, -0.05) is 12.1 Å². The third-order valence-corrected chi connectivity index (χ3v) is 3.58. The Morgan fingerprint density at radius 3 is 2.70 bits per heavy atom. The molecule has 0 aliphatic carbocycles. The van der Waals surface area contributed by atoms with E-state index in [1.54, 1.807) is 24.3 Å². The van der Waals surface area contributed by atoms with Crippen molar-refractivity contribution in [2.24, 2.45) is 0 Å². The number of amides is 3. The summed E-state index contributed by atoms with van der Waals surface area (Å²) in [5, 5.41) is 2.61. The molecule has 1 fully saturated rings. The quantitative estimate of drug-likeness (QED) is 0.531. The summed E-state index contributed by atoms with van der Waals surface area (Å²) in [5.74, 6) is 0.323. The summed E-state index contributed by atoms with van der Waals surface area (Å²) in [7, 11) is 1.52. The number of nitrogens with one attached hydrogen (secondary N) is 4. The van der Waals surface area contributed by atoms with Gasteiger partial charge in [0.05, 0.1) is 39.0 Å². The van der Waals surface area contributed by atoms with E-state index in [-0.39, 0.29) is 5.91 Å². The molecule has 8 nitrogen and oxygen atoms in total. The van der Waals surface area contributed by atoms with Crippen molar-refractivity contribution >= 4 is 17.6 Å². The smallest absolute Gasteiger partial charge is 0.338 e. The van der Waals surface area contributed by atoms with Crippen LogP contribution in [0, 0.1) is 0 Å². The van der Waals surface area contributed by atoms with Crippen molar-refractivity contribution in [1.29, 1.82) is 0 Å². The minimum atomic E-state index is -0.526. The van der Waals surface area contributed by atoms with E-state index in [0.717, 1.165) is 32.8 Å². The fourth-order valence-electron chi connectivity index (χ4n) is 2.29. The van der Waals surface area contributed by atoms with Crippen molar-refractivity contribution in [2.45, 2.75) is 6.42 Å². The highest BCUT2D eigenvalue weighted by Gasteiger charge is 2.15. The molecule has 0 unspecified atom stereocenters. The third kappa shape index (κ3) is 5.76. The molecule has 1 saturated heterocycles. The molecule has 1 aliphatic rings. The van der Waals surface area contributed by atoms with E-state index in [4.69, 9.17) is 9.47 Å². The summed E-state index contributed by atoms with van der Waals surface area (Å²) in [6.07, 6.45) is 0.351. The first-order chi connectivity index (χ1) is 11.2. The Morgan fingerprint density at radius 1 is 1.22 bits per heavy atom. The Bertz CT molecular complexity index is 532. The van der Waals surface area contributed by atoms with Crippen LogP contribution in [-0.2, 0) is 9.53 Å². The van der Waals surface area contributed by atoms with Crippen molar-refractivity contribution in [2.75, 3.05) is 45.3 Å². The lowest BCUT2D eigenvalue weighted by Gasteiger charge is -2.23. The number of rotatable bonds is 5. The number of hydrazine groups is 1. The van der Waals surface area contributed by atoms with Gasteiger partial charge in [0.1, 0.15) is 18.8 Å². The van der Waals surface area contributed by atoms with Crippen molar-refractivity contribution in [3.05, 3.63) is 24.3 Å². The lowest BCUT2D eigenvalue weighted by molar-refractivity contribution is -0.907. The fourth-order valence-corrected chi connectivity index (χ4v) is 2.29. The Balaban J connectivity index is 1.68. The number of ether oxygens (including phenoxy) is 2. The van der Waals surface area contributed by atoms with Gasteiger partial charge >= 0.3 is 6.03 Å². The molecule has 3 amide bonds. The van der Waals surface area contributed by atoms with E-state index in [0.29, 0.717) is 17.9 Å². The van der Waals surface area contributed by atoms with E-state index >= 15 is 0 Å². The first-order valence-electron chi connectivity index (χ1n) is 7.59. The summed E-state index contributed by atoms with van der Waals surface area (Å²) >= 11 is 0. The Morgan fingerprint density at radius 2 is 1.96 bits per heavy atom. The maximum absolute atomic E-state index is 11.8. The van der Waals surface area contributed by atoms with Gasteiger partial charge < -0.3 is 19.7 Å². The monoisotopic (exact) mass is 323 g/mol. The van der Waals surface area contributed by atoms with Gasteiger partial charge in [-0.3, -0.25) is 10.2 Å². The second-order valence-electron chi connectivity index (χ2n) is 5.19. The molecule has 1 aromatic carbocycles. The predicted octanol–water partition coefficient (Wildman–Crippen LogP) is -0.847. The maximum Gasteiger partial charge on any atom is 0.338 e. The highest BCUT2D eigenvalue weighted by atomic mass is 16.5. The molecule has 0 saturated carbocycles. The average Bonchev–Trinajstić information content (AvgIpc) is 2.59. The van der Waals surface area contributed by atoms with Gasteiger partial charge in [0.25, 0.3) is 0 Å². The largest absolute Gasteiger partial charge is 0.495 e. The Kier molecular flexibility index (Phi) is 6.64. The lowest BCUT2D eigenvalue weighted by Crippen LogP contribution is -3.14. The third-order valence-electron chi connectivity index (χ3n) is 3.58. The molecule has 2 rings (SSSR count). The minimum Gasteiger partial charge on any atom is -0.495 e. The number of carbonyl (C=O) groups is 2. The van der Waals surface area contributed by atoms with Gasteiger partial charge in [-0.15, -0.1) is 0 Å². The minimum absolute atomic E-state index is 0.223. The Labute approximate surface area is 135 Å². The number of para-hydroxylation sites is 2. The number of benzene rings is 1. The normalized spacial score (nSPS) is 14.8. The molecule has 1 heterocycles. The zero-order chi connectivity index (χ0) is 16.5. The van der Waals surface area contributed by atoms with Crippen molar-refractivity contribution in [3.63, 3.8) is 0 Å². The zero-order valence-electron chi connectivity index (χ0n) is 13.2. The van der Waals surface area contributed by atoms with E-state index in [9.17, 15) is 9.59 Å². The van der Waals surface area contributed by atoms with E-state index in [1.807, 2.05) is 0 Å². The topological polar surface area (TPSA) is 93.1 Å². The molecule has 0 atom stereocenters. The molecule has 8 heteroatoms. The number of hydrogen-bond acceptors (Lipinski definition) is 4. The average molecular weight is 323 g/mol. The van der Waals surface area contributed by atoms with Crippen molar-refractivity contribution in [3.8, 4) is 5.75 Å². The van der Waals surface area contributed by atoms with E-state index < -0.39 is 6.03 Å². The zero-order valence-corrected chi connectivity index (χ0v) is 13.2. The fraction of sp³-hybridized carbons (Fsp3) is 0.467. The molecule has 0 bridgehead atoms. The van der Waals surface area contributed by atoms with Crippen LogP contribution in [0.3, 0.4) is 0 Å². The van der Waals surface area contributed by atoms with Gasteiger partial charge in [-0.2, -0.15) is 0 Å². The van der Waals surface area contributed by atoms with Crippen LogP contribution in [0.15, 0.2) is 24.3 Å². The van der Waals surface area contributed by atoms with E-state index in [2.05, 4.69) is 16.2 Å². The number of hydrogen-bond donors (Lipinski definition) is 4. The molecule has 4 N–H and O–H groups in total. The first-order valence-corrected chi connectivity index (χ1v) is 7.59. The highest BCUT2D eigenvalue weighted by Crippen LogP contribution is 2.22. The Hall–Kier alpha value is -2.32. The van der Waals surface area contributed by atoms with Gasteiger partial charge in [-0.25, -0.2) is 10.2 Å². The number of methoxy groups -OCH3 is 1.